The molecular formula is C24H27FN4O. The lowest BCUT2D eigenvalue weighted by atomic mass is 10.1. The number of benzene rings is 2. The van der Waals surface area contributed by atoms with Crippen LogP contribution >= 0.6 is 0 Å². The van der Waals surface area contributed by atoms with Crippen molar-refractivity contribution in [2.45, 2.75) is 19.5 Å². The van der Waals surface area contributed by atoms with E-state index in [4.69, 9.17) is 9.72 Å². The van der Waals surface area contributed by atoms with Gasteiger partial charge in [0.05, 0.1) is 24.6 Å². The largest absolute Gasteiger partial charge is 0.378 e. The van der Waals surface area contributed by atoms with Crippen LogP contribution in [0.4, 0.5) is 10.1 Å². The lowest BCUT2D eigenvalue weighted by Crippen LogP contribution is -2.37. The van der Waals surface area contributed by atoms with E-state index in [-0.39, 0.29) is 5.82 Å². The van der Waals surface area contributed by atoms with Crippen molar-refractivity contribution in [3.05, 3.63) is 71.3 Å². The van der Waals surface area contributed by atoms with Gasteiger partial charge in [0.2, 0.25) is 0 Å². The second kappa shape index (κ2) is 8.20. The van der Waals surface area contributed by atoms with Crippen molar-refractivity contribution in [3.63, 3.8) is 0 Å². The Labute approximate surface area is 176 Å². The number of hydrogen-bond donors (Lipinski definition) is 0. The van der Waals surface area contributed by atoms with Crippen LogP contribution in [0.2, 0.25) is 0 Å². The Kier molecular flexibility index (Phi) is 5.27. The number of aromatic nitrogens is 2. The van der Waals surface area contributed by atoms with Gasteiger partial charge < -0.3 is 14.2 Å². The molecular weight excluding hydrogens is 379 g/mol. The predicted molar refractivity (Wildman–Crippen MR) is 116 cm³/mol. The summed E-state index contributed by atoms with van der Waals surface area (Å²) in [5, 5.41) is 0. The van der Waals surface area contributed by atoms with Gasteiger partial charge in [-0.25, -0.2) is 9.37 Å². The molecule has 6 heteroatoms. The summed E-state index contributed by atoms with van der Waals surface area (Å²) in [6.45, 7) is 6.27. The van der Waals surface area contributed by atoms with E-state index in [9.17, 15) is 4.39 Å². The van der Waals surface area contributed by atoms with Crippen LogP contribution in [0.5, 0.6) is 0 Å². The number of halogens is 1. The molecule has 0 aliphatic carbocycles. The normalized spacial score (nSPS) is 17.2. The van der Waals surface area contributed by atoms with E-state index in [0.29, 0.717) is 0 Å². The minimum atomic E-state index is -0.220. The molecule has 3 heterocycles. The van der Waals surface area contributed by atoms with Crippen molar-refractivity contribution >= 4 is 5.69 Å². The molecule has 0 N–H and O–H groups in total. The Morgan fingerprint density at radius 1 is 1.00 bits per heavy atom. The summed E-state index contributed by atoms with van der Waals surface area (Å²) >= 11 is 0. The van der Waals surface area contributed by atoms with Crippen LogP contribution in [0, 0.1) is 5.82 Å². The maximum Gasteiger partial charge on any atom is 0.140 e. The van der Waals surface area contributed by atoms with Crippen molar-refractivity contribution in [2.24, 2.45) is 7.05 Å². The van der Waals surface area contributed by atoms with E-state index < -0.39 is 0 Å². The molecule has 0 unspecified atom stereocenters. The zero-order valence-electron chi connectivity index (χ0n) is 17.4. The summed E-state index contributed by atoms with van der Waals surface area (Å²) in [5.74, 6) is 0.693. The van der Waals surface area contributed by atoms with Crippen molar-refractivity contribution in [1.82, 2.24) is 14.5 Å². The molecule has 2 aliphatic heterocycles. The molecule has 2 aliphatic rings. The van der Waals surface area contributed by atoms with Gasteiger partial charge >= 0.3 is 0 Å². The van der Waals surface area contributed by atoms with Crippen LogP contribution in [0.3, 0.4) is 0 Å². The lowest BCUT2D eigenvalue weighted by molar-refractivity contribution is 0.122. The van der Waals surface area contributed by atoms with E-state index in [1.807, 2.05) is 0 Å². The zero-order valence-corrected chi connectivity index (χ0v) is 17.4. The summed E-state index contributed by atoms with van der Waals surface area (Å²) < 4.78 is 21.0. The van der Waals surface area contributed by atoms with Crippen molar-refractivity contribution < 1.29 is 9.13 Å². The first kappa shape index (κ1) is 19.3. The first-order valence-electron chi connectivity index (χ1n) is 10.6. The highest BCUT2D eigenvalue weighted by Gasteiger charge is 2.24. The molecule has 30 heavy (non-hydrogen) atoms. The molecule has 0 bridgehead atoms. The molecule has 0 spiro atoms. The molecule has 1 saturated heterocycles. The van der Waals surface area contributed by atoms with Gasteiger partial charge in [0.25, 0.3) is 0 Å². The number of rotatable bonds is 4. The summed E-state index contributed by atoms with van der Waals surface area (Å²) in [5.41, 5.74) is 6.06. The number of nitrogens with zero attached hydrogens (tertiary/aromatic N) is 4. The van der Waals surface area contributed by atoms with Crippen LogP contribution in [0.15, 0.2) is 48.5 Å². The first-order valence-corrected chi connectivity index (χ1v) is 10.6. The zero-order chi connectivity index (χ0) is 20.5. The Morgan fingerprint density at radius 2 is 1.77 bits per heavy atom. The molecule has 5 rings (SSSR count). The van der Waals surface area contributed by atoms with E-state index >= 15 is 0 Å². The fraction of sp³-hybridized carbons (Fsp3) is 0.375. The van der Waals surface area contributed by atoms with Gasteiger partial charge in [-0.15, -0.1) is 0 Å². The number of ether oxygens (including phenoxy) is 1. The van der Waals surface area contributed by atoms with E-state index in [2.05, 4.69) is 45.7 Å². The summed E-state index contributed by atoms with van der Waals surface area (Å²) in [6.07, 6.45) is 0.935. The molecule has 3 aromatic rings. The molecule has 1 fully saturated rings. The Morgan fingerprint density at radius 3 is 2.57 bits per heavy atom. The number of imidazole rings is 1. The second-order valence-corrected chi connectivity index (χ2v) is 8.08. The Hall–Kier alpha value is -2.70. The van der Waals surface area contributed by atoms with Gasteiger partial charge in [0.15, 0.2) is 0 Å². The van der Waals surface area contributed by atoms with Crippen LogP contribution < -0.4 is 4.90 Å². The molecule has 0 saturated carbocycles. The fourth-order valence-corrected chi connectivity index (χ4v) is 4.53. The molecule has 156 valence electrons. The number of morpholine rings is 1. The third kappa shape index (κ3) is 3.73. The van der Waals surface area contributed by atoms with Gasteiger partial charge in [-0.3, -0.25) is 4.90 Å². The third-order valence-electron chi connectivity index (χ3n) is 6.17. The van der Waals surface area contributed by atoms with E-state index in [1.54, 1.807) is 12.1 Å². The van der Waals surface area contributed by atoms with Gasteiger partial charge in [0.1, 0.15) is 11.6 Å². The van der Waals surface area contributed by atoms with Gasteiger partial charge in [-0.2, -0.15) is 0 Å². The van der Waals surface area contributed by atoms with Crippen LogP contribution in [0.25, 0.3) is 11.4 Å². The van der Waals surface area contributed by atoms with Crippen molar-refractivity contribution in [3.8, 4) is 11.4 Å². The monoisotopic (exact) mass is 406 g/mol. The molecule has 0 radical (unpaired) electrons. The quantitative estimate of drug-likeness (QED) is 0.663. The standard InChI is InChI=1S/C24H27FN4O/c1-27-23-17-28(11-10-21(23)26-24(27)18-6-8-20(25)9-7-18)16-19-4-2-3-5-22(19)29-12-14-30-15-13-29/h2-9H,10-17H2,1H3. The predicted octanol–water partition coefficient (Wildman–Crippen LogP) is 3.62. The average Bonchev–Trinajstić information content (AvgIpc) is 3.11. The maximum atomic E-state index is 13.3. The van der Waals surface area contributed by atoms with Gasteiger partial charge in [-0.1, -0.05) is 18.2 Å². The Bertz CT molecular complexity index is 1020. The van der Waals surface area contributed by atoms with Crippen molar-refractivity contribution in [1.29, 1.82) is 0 Å². The average molecular weight is 407 g/mol. The molecule has 0 amide bonds. The SMILES string of the molecule is Cn1c(-c2ccc(F)cc2)nc2c1CN(Cc1ccccc1N1CCOCC1)CC2. The molecule has 0 atom stereocenters. The lowest BCUT2D eigenvalue weighted by Gasteiger charge is -2.33. The second-order valence-electron chi connectivity index (χ2n) is 8.08. The van der Waals surface area contributed by atoms with Gasteiger partial charge in [0, 0.05) is 57.4 Å². The smallest absolute Gasteiger partial charge is 0.140 e. The number of hydrogen-bond acceptors (Lipinski definition) is 4. The highest BCUT2D eigenvalue weighted by molar-refractivity contribution is 5.57. The van der Waals surface area contributed by atoms with E-state index in [0.717, 1.165) is 69.4 Å². The summed E-state index contributed by atoms with van der Waals surface area (Å²) in [4.78, 5) is 9.81. The summed E-state index contributed by atoms with van der Waals surface area (Å²) in [7, 11) is 2.07. The fourth-order valence-electron chi connectivity index (χ4n) is 4.53. The highest BCUT2D eigenvalue weighted by atomic mass is 19.1. The van der Waals surface area contributed by atoms with E-state index in [1.165, 1.54) is 29.1 Å². The number of anilines is 1. The Balaban J connectivity index is 1.36. The third-order valence-corrected chi connectivity index (χ3v) is 6.17. The summed E-state index contributed by atoms with van der Waals surface area (Å²) in [6, 6.07) is 15.3. The minimum Gasteiger partial charge on any atom is -0.378 e. The minimum absolute atomic E-state index is 0.220. The van der Waals surface area contributed by atoms with Crippen molar-refractivity contribution in [2.75, 3.05) is 37.7 Å². The number of para-hydroxylation sites is 1. The molecule has 5 nitrogen and oxygen atoms in total. The molecule has 1 aromatic heterocycles. The van der Waals surface area contributed by atoms with Crippen LogP contribution in [-0.2, 0) is 31.3 Å². The highest BCUT2D eigenvalue weighted by Crippen LogP contribution is 2.28. The van der Waals surface area contributed by atoms with Crippen LogP contribution in [-0.4, -0.2) is 47.3 Å². The topological polar surface area (TPSA) is 33.5 Å². The van der Waals surface area contributed by atoms with Crippen LogP contribution in [0.1, 0.15) is 17.0 Å². The van der Waals surface area contributed by atoms with Gasteiger partial charge in [-0.05, 0) is 35.9 Å². The first-order chi connectivity index (χ1) is 14.7. The maximum absolute atomic E-state index is 13.3. The number of fused-ring (bicyclic) bond motifs is 1. The molecule has 2 aromatic carbocycles.